The SMILES string of the molecule is CCOC(=O)N1CCC(NC(=O)c2cc(-c3ccccc3)no2)CC1. The molecule has 1 aliphatic rings. The highest BCUT2D eigenvalue weighted by Crippen LogP contribution is 2.19. The maximum Gasteiger partial charge on any atom is 0.409 e. The monoisotopic (exact) mass is 343 g/mol. The number of ether oxygens (including phenoxy) is 1. The lowest BCUT2D eigenvalue weighted by Crippen LogP contribution is -2.46. The van der Waals surface area contributed by atoms with Gasteiger partial charge in [0, 0.05) is 30.8 Å². The Morgan fingerprint density at radius 2 is 2.00 bits per heavy atom. The molecule has 0 unspecified atom stereocenters. The van der Waals surface area contributed by atoms with Crippen LogP contribution >= 0.6 is 0 Å². The van der Waals surface area contributed by atoms with Crippen molar-refractivity contribution in [3.8, 4) is 11.3 Å². The maximum atomic E-state index is 12.3. The smallest absolute Gasteiger partial charge is 0.409 e. The summed E-state index contributed by atoms with van der Waals surface area (Å²) in [6, 6.07) is 11.2. The van der Waals surface area contributed by atoms with Crippen molar-refractivity contribution in [3.05, 3.63) is 42.2 Å². The highest BCUT2D eigenvalue weighted by molar-refractivity contribution is 5.92. The molecule has 7 nitrogen and oxygen atoms in total. The Morgan fingerprint density at radius 3 is 2.68 bits per heavy atom. The van der Waals surface area contributed by atoms with E-state index in [1.807, 2.05) is 30.3 Å². The quantitative estimate of drug-likeness (QED) is 0.922. The van der Waals surface area contributed by atoms with Gasteiger partial charge in [-0.05, 0) is 19.8 Å². The predicted octanol–water partition coefficient (Wildman–Crippen LogP) is 2.69. The molecule has 1 aromatic heterocycles. The molecule has 1 aliphatic heterocycles. The van der Waals surface area contributed by atoms with Crippen LogP contribution in [0.3, 0.4) is 0 Å². The van der Waals surface area contributed by atoms with Crippen molar-refractivity contribution in [1.29, 1.82) is 0 Å². The van der Waals surface area contributed by atoms with E-state index in [-0.39, 0.29) is 23.8 Å². The molecule has 2 heterocycles. The molecule has 1 aromatic carbocycles. The molecule has 25 heavy (non-hydrogen) atoms. The van der Waals surface area contributed by atoms with Crippen LogP contribution in [0.15, 0.2) is 40.9 Å². The molecule has 0 bridgehead atoms. The highest BCUT2D eigenvalue weighted by Gasteiger charge is 2.25. The van der Waals surface area contributed by atoms with Gasteiger partial charge in [0.15, 0.2) is 0 Å². The Bertz CT molecular complexity index is 721. The number of carbonyl (C=O) groups excluding carboxylic acids is 2. The fourth-order valence-corrected chi connectivity index (χ4v) is 2.80. The van der Waals surface area contributed by atoms with Crippen molar-refractivity contribution in [2.75, 3.05) is 19.7 Å². The van der Waals surface area contributed by atoms with Crippen LogP contribution in [-0.4, -0.2) is 47.8 Å². The third-order valence-electron chi connectivity index (χ3n) is 4.16. The summed E-state index contributed by atoms with van der Waals surface area (Å²) in [5.74, 6) is -0.101. The Labute approximate surface area is 145 Å². The Balaban J connectivity index is 1.54. The first kappa shape index (κ1) is 17.0. The van der Waals surface area contributed by atoms with Gasteiger partial charge in [0.1, 0.15) is 5.69 Å². The van der Waals surface area contributed by atoms with Crippen LogP contribution in [0, 0.1) is 0 Å². The van der Waals surface area contributed by atoms with Gasteiger partial charge in [0.2, 0.25) is 5.76 Å². The molecule has 0 atom stereocenters. The molecule has 1 N–H and O–H groups in total. The van der Waals surface area contributed by atoms with Crippen molar-refractivity contribution in [1.82, 2.24) is 15.4 Å². The van der Waals surface area contributed by atoms with Gasteiger partial charge in [-0.3, -0.25) is 4.79 Å². The zero-order chi connectivity index (χ0) is 17.6. The first-order valence-corrected chi connectivity index (χ1v) is 8.42. The van der Waals surface area contributed by atoms with Crippen molar-refractivity contribution in [2.24, 2.45) is 0 Å². The van der Waals surface area contributed by atoms with E-state index in [0.29, 0.717) is 38.2 Å². The first-order chi connectivity index (χ1) is 12.2. The number of carbonyl (C=O) groups is 2. The Kier molecular flexibility index (Phi) is 5.33. The summed E-state index contributed by atoms with van der Waals surface area (Å²) in [5.41, 5.74) is 1.52. The largest absolute Gasteiger partial charge is 0.450 e. The number of rotatable bonds is 4. The van der Waals surface area contributed by atoms with Gasteiger partial charge < -0.3 is 19.5 Å². The first-order valence-electron chi connectivity index (χ1n) is 8.42. The van der Waals surface area contributed by atoms with E-state index >= 15 is 0 Å². The van der Waals surface area contributed by atoms with Crippen LogP contribution in [0.5, 0.6) is 0 Å². The summed E-state index contributed by atoms with van der Waals surface area (Å²) in [6.45, 7) is 3.28. The maximum absolute atomic E-state index is 12.3. The molecule has 2 amide bonds. The lowest BCUT2D eigenvalue weighted by molar-refractivity contribution is 0.0834. The van der Waals surface area contributed by atoms with Crippen molar-refractivity contribution in [3.63, 3.8) is 0 Å². The lowest BCUT2D eigenvalue weighted by atomic mass is 10.1. The fraction of sp³-hybridized carbons (Fsp3) is 0.389. The molecule has 1 saturated heterocycles. The number of aromatic nitrogens is 1. The van der Waals surface area contributed by atoms with Crippen molar-refractivity contribution in [2.45, 2.75) is 25.8 Å². The zero-order valence-electron chi connectivity index (χ0n) is 14.1. The number of likely N-dealkylation sites (tertiary alicyclic amines) is 1. The van der Waals surface area contributed by atoms with E-state index in [2.05, 4.69) is 10.5 Å². The van der Waals surface area contributed by atoms with Crippen LogP contribution in [0.1, 0.15) is 30.3 Å². The van der Waals surface area contributed by atoms with Gasteiger partial charge >= 0.3 is 6.09 Å². The summed E-state index contributed by atoms with van der Waals surface area (Å²) < 4.78 is 10.2. The second-order valence-corrected chi connectivity index (χ2v) is 5.88. The standard InChI is InChI=1S/C18H21N3O4/c1-2-24-18(23)21-10-8-14(9-11-21)19-17(22)16-12-15(20-25-16)13-6-4-3-5-7-13/h3-7,12,14H,2,8-11H2,1H3,(H,19,22). The minimum absolute atomic E-state index is 0.00320. The fourth-order valence-electron chi connectivity index (χ4n) is 2.80. The molecule has 1 fully saturated rings. The summed E-state index contributed by atoms with van der Waals surface area (Å²) in [4.78, 5) is 25.7. The molecule has 2 aromatic rings. The van der Waals surface area contributed by atoms with E-state index in [9.17, 15) is 9.59 Å². The normalized spacial score (nSPS) is 15.0. The molecule has 0 saturated carbocycles. The zero-order valence-corrected chi connectivity index (χ0v) is 14.1. The summed E-state index contributed by atoms with van der Waals surface area (Å²) in [6.07, 6.45) is 1.07. The molecule has 7 heteroatoms. The lowest BCUT2D eigenvalue weighted by Gasteiger charge is -2.31. The van der Waals surface area contributed by atoms with Crippen molar-refractivity contribution >= 4 is 12.0 Å². The Hall–Kier alpha value is -2.83. The van der Waals surface area contributed by atoms with Gasteiger partial charge in [-0.15, -0.1) is 0 Å². The van der Waals surface area contributed by atoms with E-state index in [1.165, 1.54) is 0 Å². The molecule has 132 valence electrons. The molecular formula is C18H21N3O4. The minimum atomic E-state index is -0.296. The molecular weight excluding hydrogens is 322 g/mol. The highest BCUT2D eigenvalue weighted by atomic mass is 16.6. The van der Waals surface area contributed by atoms with Gasteiger partial charge in [-0.2, -0.15) is 0 Å². The van der Waals surface area contributed by atoms with Crippen LogP contribution in [-0.2, 0) is 4.74 Å². The molecule has 0 aliphatic carbocycles. The molecule has 0 radical (unpaired) electrons. The number of benzene rings is 1. The van der Waals surface area contributed by atoms with Crippen LogP contribution in [0.25, 0.3) is 11.3 Å². The number of hydrogen-bond donors (Lipinski definition) is 1. The van der Waals surface area contributed by atoms with Gasteiger partial charge in [0.05, 0.1) is 6.61 Å². The summed E-state index contributed by atoms with van der Waals surface area (Å²) in [7, 11) is 0. The van der Waals surface area contributed by atoms with Crippen LogP contribution in [0.4, 0.5) is 4.79 Å². The van der Waals surface area contributed by atoms with E-state index < -0.39 is 0 Å². The van der Waals surface area contributed by atoms with Gasteiger partial charge in [-0.25, -0.2) is 4.79 Å². The predicted molar refractivity (Wildman–Crippen MR) is 91.0 cm³/mol. The third-order valence-corrected chi connectivity index (χ3v) is 4.16. The van der Waals surface area contributed by atoms with Crippen LogP contribution < -0.4 is 5.32 Å². The van der Waals surface area contributed by atoms with E-state index in [1.54, 1.807) is 17.9 Å². The van der Waals surface area contributed by atoms with Crippen LogP contribution in [0.2, 0.25) is 0 Å². The number of nitrogens with zero attached hydrogens (tertiary/aromatic N) is 2. The topological polar surface area (TPSA) is 84.7 Å². The Morgan fingerprint density at radius 1 is 1.28 bits per heavy atom. The second-order valence-electron chi connectivity index (χ2n) is 5.88. The summed E-state index contributed by atoms with van der Waals surface area (Å²) >= 11 is 0. The molecule has 0 spiro atoms. The number of hydrogen-bond acceptors (Lipinski definition) is 5. The molecule has 3 rings (SSSR count). The minimum Gasteiger partial charge on any atom is -0.450 e. The number of piperidine rings is 1. The van der Waals surface area contributed by atoms with E-state index in [0.717, 1.165) is 5.56 Å². The van der Waals surface area contributed by atoms with E-state index in [4.69, 9.17) is 9.26 Å². The van der Waals surface area contributed by atoms with Gasteiger partial charge in [-0.1, -0.05) is 35.5 Å². The van der Waals surface area contributed by atoms with Crippen molar-refractivity contribution < 1.29 is 18.8 Å². The number of nitrogens with one attached hydrogen (secondary N) is 1. The third kappa shape index (κ3) is 4.17. The van der Waals surface area contributed by atoms with Gasteiger partial charge in [0.25, 0.3) is 5.91 Å². The average Bonchev–Trinajstić information content (AvgIpc) is 3.13. The average molecular weight is 343 g/mol. The summed E-state index contributed by atoms with van der Waals surface area (Å²) in [5, 5.41) is 6.89. The second kappa shape index (κ2) is 7.83. The number of amides is 2.